The van der Waals surface area contributed by atoms with Crippen LogP contribution in [0.2, 0.25) is 0 Å². The van der Waals surface area contributed by atoms with Gasteiger partial charge in [0.2, 0.25) is 5.88 Å². The van der Waals surface area contributed by atoms with Crippen molar-refractivity contribution in [2.45, 2.75) is 26.4 Å². The maximum atomic E-state index is 12.8. The zero-order valence-electron chi connectivity index (χ0n) is 15.9. The van der Waals surface area contributed by atoms with Gasteiger partial charge in [-0.05, 0) is 32.9 Å². The number of nitrogens with zero attached hydrogens (tertiary/aromatic N) is 3. The topological polar surface area (TPSA) is 81.2 Å². The molecule has 26 heavy (non-hydrogen) atoms. The summed E-state index contributed by atoms with van der Waals surface area (Å²) in [4.78, 5) is 32.4. The number of aromatic nitrogens is 1. The Morgan fingerprint density at radius 3 is 2.38 bits per heavy atom. The molecule has 1 saturated heterocycles. The van der Waals surface area contributed by atoms with Crippen LogP contribution in [0.4, 0.5) is 4.79 Å². The van der Waals surface area contributed by atoms with E-state index >= 15 is 0 Å². The highest BCUT2D eigenvalue weighted by Crippen LogP contribution is 2.19. The first-order valence-electron chi connectivity index (χ1n) is 8.66. The van der Waals surface area contributed by atoms with Gasteiger partial charge in [-0.15, -0.1) is 0 Å². The number of amides is 2. The Balaban J connectivity index is 1.95. The summed E-state index contributed by atoms with van der Waals surface area (Å²) in [6.07, 6.45) is 1.23. The average Bonchev–Trinajstić information content (AvgIpc) is 2.60. The molecule has 2 amide bonds. The van der Waals surface area contributed by atoms with E-state index in [0.29, 0.717) is 50.8 Å². The minimum absolute atomic E-state index is 0.158. The lowest BCUT2D eigenvalue weighted by Gasteiger charge is -2.35. The van der Waals surface area contributed by atoms with Crippen LogP contribution in [0.3, 0.4) is 0 Å². The summed E-state index contributed by atoms with van der Waals surface area (Å²) in [6.45, 7) is 7.96. The van der Waals surface area contributed by atoms with Gasteiger partial charge in [-0.3, -0.25) is 4.79 Å². The van der Waals surface area contributed by atoms with E-state index in [1.165, 1.54) is 0 Å². The molecule has 8 heteroatoms. The van der Waals surface area contributed by atoms with Crippen molar-refractivity contribution in [2.24, 2.45) is 0 Å². The number of ether oxygens (including phenoxy) is 3. The van der Waals surface area contributed by atoms with Gasteiger partial charge in [0.25, 0.3) is 5.91 Å². The fourth-order valence-electron chi connectivity index (χ4n) is 2.48. The van der Waals surface area contributed by atoms with Gasteiger partial charge in [0.15, 0.2) is 0 Å². The van der Waals surface area contributed by atoms with E-state index in [1.807, 2.05) is 20.8 Å². The molecule has 0 spiro atoms. The van der Waals surface area contributed by atoms with Crippen molar-refractivity contribution >= 4 is 12.0 Å². The van der Waals surface area contributed by atoms with Gasteiger partial charge in [0.05, 0.1) is 6.61 Å². The van der Waals surface area contributed by atoms with Gasteiger partial charge >= 0.3 is 6.09 Å². The van der Waals surface area contributed by atoms with Crippen LogP contribution in [0.5, 0.6) is 5.88 Å². The number of methoxy groups -OCH3 is 1. The van der Waals surface area contributed by atoms with Crippen LogP contribution in [0.1, 0.15) is 31.1 Å². The van der Waals surface area contributed by atoms with E-state index in [-0.39, 0.29) is 12.0 Å². The van der Waals surface area contributed by atoms with Crippen LogP contribution >= 0.6 is 0 Å². The molecule has 0 saturated carbocycles. The molecule has 0 bridgehead atoms. The predicted molar refractivity (Wildman–Crippen MR) is 95.3 cm³/mol. The van der Waals surface area contributed by atoms with Gasteiger partial charge in [0, 0.05) is 39.5 Å². The number of piperazine rings is 1. The van der Waals surface area contributed by atoms with E-state index in [1.54, 1.807) is 35.2 Å². The normalized spacial score (nSPS) is 14.9. The van der Waals surface area contributed by atoms with Crippen molar-refractivity contribution < 1.29 is 23.8 Å². The number of carbonyl (C=O) groups is 2. The summed E-state index contributed by atoms with van der Waals surface area (Å²) in [6, 6.07) is 3.39. The summed E-state index contributed by atoms with van der Waals surface area (Å²) in [7, 11) is 1.58. The molecule has 8 nitrogen and oxygen atoms in total. The quantitative estimate of drug-likeness (QED) is 0.740. The second kappa shape index (κ2) is 8.84. The lowest BCUT2D eigenvalue weighted by Crippen LogP contribution is -2.51. The van der Waals surface area contributed by atoms with Crippen LogP contribution in [-0.4, -0.2) is 78.9 Å². The van der Waals surface area contributed by atoms with Gasteiger partial charge in [-0.25, -0.2) is 9.78 Å². The molecule has 1 aromatic heterocycles. The summed E-state index contributed by atoms with van der Waals surface area (Å²) < 4.78 is 15.9. The molecule has 0 atom stereocenters. The molecule has 1 aromatic rings. The molecule has 0 aliphatic carbocycles. The molecule has 144 valence electrons. The first-order valence-corrected chi connectivity index (χ1v) is 8.66. The van der Waals surface area contributed by atoms with Gasteiger partial charge in [-0.2, -0.15) is 0 Å². The fourth-order valence-corrected chi connectivity index (χ4v) is 2.48. The number of carbonyl (C=O) groups excluding carboxylic acids is 2. The SMILES string of the molecule is COCCOc1ncccc1C(=O)N1CCN(C(=O)OC(C)(C)C)CC1. The van der Waals surface area contributed by atoms with Crippen LogP contribution in [-0.2, 0) is 9.47 Å². The largest absolute Gasteiger partial charge is 0.475 e. The molecule has 1 fully saturated rings. The lowest BCUT2D eigenvalue weighted by atomic mass is 10.2. The van der Waals surface area contributed by atoms with E-state index in [9.17, 15) is 9.59 Å². The van der Waals surface area contributed by atoms with Crippen molar-refractivity contribution in [1.29, 1.82) is 0 Å². The molecule has 1 aliphatic heterocycles. The van der Waals surface area contributed by atoms with Gasteiger partial charge < -0.3 is 24.0 Å². The first-order chi connectivity index (χ1) is 12.3. The summed E-state index contributed by atoms with van der Waals surface area (Å²) in [5, 5.41) is 0. The minimum Gasteiger partial charge on any atom is -0.475 e. The zero-order valence-corrected chi connectivity index (χ0v) is 15.9. The van der Waals surface area contributed by atoms with Crippen LogP contribution < -0.4 is 4.74 Å². The molecular formula is C18H27N3O5. The summed E-state index contributed by atoms with van der Waals surface area (Å²) in [5.74, 6) is 0.137. The van der Waals surface area contributed by atoms with Crippen LogP contribution in [0.25, 0.3) is 0 Å². The highest BCUT2D eigenvalue weighted by Gasteiger charge is 2.29. The molecule has 0 radical (unpaired) electrons. The monoisotopic (exact) mass is 365 g/mol. The maximum Gasteiger partial charge on any atom is 0.410 e. The minimum atomic E-state index is -0.534. The average molecular weight is 365 g/mol. The second-order valence-corrected chi connectivity index (χ2v) is 6.96. The van der Waals surface area contributed by atoms with Crippen LogP contribution in [0.15, 0.2) is 18.3 Å². The van der Waals surface area contributed by atoms with E-state index in [4.69, 9.17) is 14.2 Å². The highest BCUT2D eigenvalue weighted by atomic mass is 16.6. The molecule has 2 heterocycles. The van der Waals surface area contributed by atoms with Crippen molar-refractivity contribution in [3.05, 3.63) is 23.9 Å². The Hall–Kier alpha value is -2.35. The summed E-state index contributed by atoms with van der Waals surface area (Å²) >= 11 is 0. The Morgan fingerprint density at radius 2 is 1.77 bits per heavy atom. The maximum absolute atomic E-state index is 12.8. The van der Waals surface area contributed by atoms with Crippen molar-refractivity contribution in [2.75, 3.05) is 46.5 Å². The third-order valence-corrected chi connectivity index (χ3v) is 3.75. The third-order valence-electron chi connectivity index (χ3n) is 3.75. The number of rotatable bonds is 5. The predicted octanol–water partition coefficient (Wildman–Crippen LogP) is 1.80. The molecule has 1 aliphatic rings. The number of hydrogen-bond donors (Lipinski definition) is 0. The van der Waals surface area contributed by atoms with Gasteiger partial charge in [0.1, 0.15) is 17.8 Å². The Labute approximate surface area is 154 Å². The van der Waals surface area contributed by atoms with Crippen LogP contribution in [0, 0.1) is 0 Å². The standard InChI is InChI=1S/C18H27N3O5/c1-18(2,3)26-17(23)21-10-8-20(9-11-21)16(22)14-6-5-7-19-15(14)25-13-12-24-4/h5-7H,8-13H2,1-4H3. The van der Waals surface area contributed by atoms with E-state index in [2.05, 4.69) is 4.98 Å². The zero-order chi connectivity index (χ0) is 19.2. The lowest BCUT2D eigenvalue weighted by molar-refractivity contribution is 0.0140. The Bertz CT molecular complexity index is 621. The van der Waals surface area contributed by atoms with Gasteiger partial charge in [-0.1, -0.05) is 0 Å². The van der Waals surface area contributed by atoms with Crippen molar-refractivity contribution in [3.8, 4) is 5.88 Å². The van der Waals surface area contributed by atoms with E-state index < -0.39 is 5.60 Å². The molecule has 2 rings (SSSR count). The second-order valence-electron chi connectivity index (χ2n) is 6.96. The third kappa shape index (κ3) is 5.59. The number of pyridine rings is 1. The molecule has 0 aromatic carbocycles. The van der Waals surface area contributed by atoms with Crippen molar-refractivity contribution in [1.82, 2.24) is 14.8 Å². The number of hydrogen-bond acceptors (Lipinski definition) is 6. The molecule has 0 unspecified atom stereocenters. The summed E-state index contributed by atoms with van der Waals surface area (Å²) in [5.41, 5.74) is -0.122. The molecular weight excluding hydrogens is 338 g/mol. The van der Waals surface area contributed by atoms with E-state index in [0.717, 1.165) is 0 Å². The first kappa shape index (κ1) is 20.0. The fraction of sp³-hybridized carbons (Fsp3) is 0.611. The smallest absolute Gasteiger partial charge is 0.410 e. The Morgan fingerprint density at radius 1 is 1.12 bits per heavy atom. The Kier molecular flexibility index (Phi) is 6.79. The molecule has 0 N–H and O–H groups in total. The van der Waals surface area contributed by atoms with Crippen molar-refractivity contribution in [3.63, 3.8) is 0 Å². The highest BCUT2D eigenvalue weighted by molar-refractivity contribution is 5.96.